The van der Waals surface area contributed by atoms with Gasteiger partial charge in [-0.3, -0.25) is 9.59 Å². The number of thioether (sulfide) groups is 1. The van der Waals surface area contributed by atoms with Crippen molar-refractivity contribution in [1.82, 2.24) is 9.78 Å². The van der Waals surface area contributed by atoms with Crippen LogP contribution in [0.3, 0.4) is 0 Å². The Kier molecular flexibility index (Phi) is 6.23. The van der Waals surface area contributed by atoms with Crippen molar-refractivity contribution in [3.8, 4) is 5.69 Å². The molecule has 0 aliphatic rings. The maximum absolute atomic E-state index is 12.7. The van der Waals surface area contributed by atoms with Crippen molar-refractivity contribution < 1.29 is 4.79 Å². The second-order valence-electron chi connectivity index (χ2n) is 7.19. The first-order valence-corrected chi connectivity index (χ1v) is 10.4. The third kappa shape index (κ3) is 4.77. The van der Waals surface area contributed by atoms with Gasteiger partial charge in [0.25, 0.3) is 5.56 Å². The molecule has 0 aliphatic heterocycles. The summed E-state index contributed by atoms with van der Waals surface area (Å²) >= 11 is 1.32. The molecule has 0 unspecified atom stereocenters. The van der Waals surface area contributed by atoms with Crippen LogP contribution in [0, 0.1) is 27.7 Å². The summed E-state index contributed by atoms with van der Waals surface area (Å²) in [6, 6.07) is 14.8. The third-order valence-corrected chi connectivity index (χ3v) is 6.07. The van der Waals surface area contributed by atoms with Gasteiger partial charge in [0.2, 0.25) is 5.91 Å². The minimum atomic E-state index is -0.367. The summed E-state index contributed by atoms with van der Waals surface area (Å²) in [6.07, 6.45) is 0. The average Bonchev–Trinajstić information content (AvgIpc) is 2.69. The Balaban J connectivity index is 1.79. The molecule has 5 nitrogen and oxygen atoms in total. The van der Waals surface area contributed by atoms with E-state index in [4.69, 9.17) is 0 Å². The standard InChI is InChI=1S/C23H25N3O2S/c1-14-9-10-19(13-16(14)3)26-22(27)12-11-21(25-26)29-18(5)23(28)24-20-8-6-7-15(2)17(20)4/h6-13,18H,1-5H3,(H,24,28)/t18-/m0/s1. The van der Waals surface area contributed by atoms with Gasteiger partial charge in [-0.1, -0.05) is 30.0 Å². The summed E-state index contributed by atoms with van der Waals surface area (Å²) in [6.45, 7) is 9.87. The minimum absolute atomic E-state index is 0.102. The highest BCUT2D eigenvalue weighted by Gasteiger charge is 2.17. The van der Waals surface area contributed by atoms with E-state index in [1.54, 1.807) is 6.07 Å². The molecule has 0 aliphatic carbocycles. The molecule has 29 heavy (non-hydrogen) atoms. The molecule has 0 radical (unpaired) electrons. The monoisotopic (exact) mass is 407 g/mol. The van der Waals surface area contributed by atoms with E-state index in [1.807, 2.05) is 71.0 Å². The van der Waals surface area contributed by atoms with Gasteiger partial charge in [0, 0.05) is 11.8 Å². The Labute approximate surface area is 175 Å². The summed E-state index contributed by atoms with van der Waals surface area (Å²) < 4.78 is 1.38. The van der Waals surface area contributed by atoms with Crippen LogP contribution in [0.1, 0.15) is 29.2 Å². The summed E-state index contributed by atoms with van der Waals surface area (Å²) in [5, 5.41) is 7.70. The fraction of sp³-hybridized carbons (Fsp3) is 0.261. The zero-order valence-corrected chi connectivity index (χ0v) is 18.1. The van der Waals surface area contributed by atoms with Gasteiger partial charge in [0.1, 0.15) is 5.03 Å². The molecular weight excluding hydrogens is 382 g/mol. The molecule has 1 amide bonds. The van der Waals surface area contributed by atoms with Crippen molar-refractivity contribution in [2.75, 3.05) is 5.32 Å². The van der Waals surface area contributed by atoms with Gasteiger partial charge in [0.05, 0.1) is 10.9 Å². The Hall–Kier alpha value is -2.86. The first-order valence-electron chi connectivity index (χ1n) is 9.48. The van der Waals surface area contributed by atoms with E-state index in [0.29, 0.717) is 10.7 Å². The van der Waals surface area contributed by atoms with E-state index in [9.17, 15) is 9.59 Å². The molecular formula is C23H25N3O2S. The van der Waals surface area contributed by atoms with Crippen molar-refractivity contribution in [1.29, 1.82) is 0 Å². The summed E-state index contributed by atoms with van der Waals surface area (Å²) in [4.78, 5) is 25.0. The molecule has 1 N–H and O–H groups in total. The van der Waals surface area contributed by atoms with Gasteiger partial charge in [-0.2, -0.15) is 9.78 Å². The number of nitrogens with zero attached hydrogens (tertiary/aromatic N) is 2. The Morgan fingerprint density at radius 2 is 1.76 bits per heavy atom. The molecule has 0 spiro atoms. The second-order valence-corrected chi connectivity index (χ2v) is 8.55. The van der Waals surface area contributed by atoms with Gasteiger partial charge in [-0.25, -0.2) is 0 Å². The number of nitrogens with one attached hydrogen (secondary N) is 1. The van der Waals surface area contributed by atoms with Crippen molar-refractivity contribution in [2.45, 2.75) is 44.9 Å². The lowest BCUT2D eigenvalue weighted by atomic mass is 10.1. The van der Waals surface area contributed by atoms with Crippen molar-refractivity contribution in [2.24, 2.45) is 0 Å². The number of aryl methyl sites for hydroxylation is 3. The molecule has 3 aromatic rings. The molecule has 3 rings (SSSR count). The Bertz CT molecular complexity index is 1120. The first kappa shape index (κ1) is 20.9. The lowest BCUT2D eigenvalue weighted by Crippen LogP contribution is -2.24. The number of carbonyl (C=O) groups is 1. The molecule has 6 heteroatoms. The van der Waals surface area contributed by atoms with Gasteiger partial charge < -0.3 is 5.32 Å². The Morgan fingerprint density at radius 3 is 2.48 bits per heavy atom. The summed E-state index contributed by atoms with van der Waals surface area (Å²) in [7, 11) is 0. The van der Waals surface area contributed by atoms with E-state index in [2.05, 4.69) is 10.4 Å². The van der Waals surface area contributed by atoms with E-state index in [1.165, 1.54) is 22.5 Å². The van der Waals surface area contributed by atoms with Crippen LogP contribution in [0.5, 0.6) is 0 Å². The number of aromatic nitrogens is 2. The fourth-order valence-electron chi connectivity index (χ4n) is 2.86. The average molecular weight is 408 g/mol. The van der Waals surface area contributed by atoms with Crippen LogP contribution in [0.4, 0.5) is 5.69 Å². The maximum atomic E-state index is 12.7. The van der Waals surface area contributed by atoms with Crippen molar-refractivity contribution in [3.63, 3.8) is 0 Å². The van der Waals surface area contributed by atoms with E-state index >= 15 is 0 Å². The van der Waals surface area contributed by atoms with Crippen LogP contribution in [-0.4, -0.2) is 20.9 Å². The lowest BCUT2D eigenvalue weighted by Gasteiger charge is -2.15. The highest BCUT2D eigenvalue weighted by molar-refractivity contribution is 8.00. The summed E-state index contributed by atoms with van der Waals surface area (Å²) in [5.41, 5.74) is 5.76. The molecule has 1 atom stereocenters. The Morgan fingerprint density at radius 1 is 1.00 bits per heavy atom. The van der Waals surface area contributed by atoms with Crippen LogP contribution in [0.25, 0.3) is 5.69 Å². The van der Waals surface area contributed by atoms with Gasteiger partial charge in [-0.05, 0) is 81.1 Å². The molecule has 0 saturated carbocycles. The number of amides is 1. The van der Waals surface area contributed by atoms with Crippen molar-refractivity contribution in [3.05, 3.63) is 81.1 Å². The molecule has 1 aromatic heterocycles. The van der Waals surface area contributed by atoms with Crippen LogP contribution in [0.15, 0.2) is 58.4 Å². The van der Waals surface area contributed by atoms with Gasteiger partial charge in [-0.15, -0.1) is 0 Å². The predicted molar refractivity (Wildman–Crippen MR) is 119 cm³/mol. The van der Waals surface area contributed by atoms with Gasteiger partial charge in [0.15, 0.2) is 0 Å². The first-order chi connectivity index (χ1) is 13.8. The smallest absolute Gasteiger partial charge is 0.271 e. The number of carbonyl (C=O) groups excluding carboxylic acids is 1. The number of hydrogen-bond donors (Lipinski definition) is 1. The zero-order chi connectivity index (χ0) is 21.1. The quantitative estimate of drug-likeness (QED) is 0.629. The van der Waals surface area contributed by atoms with Crippen LogP contribution >= 0.6 is 11.8 Å². The zero-order valence-electron chi connectivity index (χ0n) is 17.3. The molecule has 0 saturated heterocycles. The van der Waals surface area contributed by atoms with E-state index in [0.717, 1.165) is 27.9 Å². The maximum Gasteiger partial charge on any atom is 0.271 e. The van der Waals surface area contributed by atoms with Crippen LogP contribution in [0.2, 0.25) is 0 Å². The fourth-order valence-corrected chi connectivity index (χ4v) is 3.66. The number of hydrogen-bond acceptors (Lipinski definition) is 4. The SMILES string of the molecule is Cc1ccc(-n2nc(S[C@@H](C)C(=O)Nc3cccc(C)c3C)ccc2=O)cc1C. The third-order valence-electron chi connectivity index (χ3n) is 5.04. The molecule has 2 aromatic carbocycles. The second kappa shape index (κ2) is 8.66. The minimum Gasteiger partial charge on any atom is -0.325 e. The highest BCUT2D eigenvalue weighted by atomic mass is 32.2. The molecule has 0 fully saturated rings. The van der Waals surface area contributed by atoms with Crippen LogP contribution in [-0.2, 0) is 4.79 Å². The van der Waals surface area contributed by atoms with E-state index < -0.39 is 0 Å². The number of rotatable bonds is 5. The van der Waals surface area contributed by atoms with Crippen LogP contribution < -0.4 is 10.9 Å². The van der Waals surface area contributed by atoms with E-state index in [-0.39, 0.29) is 16.7 Å². The molecule has 1 heterocycles. The lowest BCUT2D eigenvalue weighted by molar-refractivity contribution is -0.115. The predicted octanol–water partition coefficient (Wildman–Crippen LogP) is 4.59. The normalized spacial score (nSPS) is 11.9. The largest absolute Gasteiger partial charge is 0.325 e. The number of benzene rings is 2. The van der Waals surface area contributed by atoms with Crippen molar-refractivity contribution >= 4 is 23.4 Å². The molecule has 150 valence electrons. The highest BCUT2D eigenvalue weighted by Crippen LogP contribution is 2.24. The summed E-state index contributed by atoms with van der Waals surface area (Å²) in [5.74, 6) is -0.102. The molecule has 0 bridgehead atoms. The van der Waals surface area contributed by atoms with Gasteiger partial charge >= 0.3 is 0 Å². The number of anilines is 1. The topological polar surface area (TPSA) is 64.0 Å².